The lowest BCUT2D eigenvalue weighted by molar-refractivity contribution is 0.0910. The van der Waals surface area contributed by atoms with E-state index in [0.717, 1.165) is 54.7 Å². The van der Waals surface area contributed by atoms with Gasteiger partial charge >= 0.3 is 0 Å². The van der Waals surface area contributed by atoms with Crippen LogP contribution in [0, 0.1) is 12.3 Å². The molecule has 0 bridgehead atoms. The number of rotatable bonds is 4. The maximum atomic E-state index is 12.7. The van der Waals surface area contributed by atoms with E-state index in [1.807, 2.05) is 25.1 Å². The molecular formula is C24H31N3O3. The number of carbonyl (C=O) groups is 2. The zero-order valence-corrected chi connectivity index (χ0v) is 18.0. The van der Waals surface area contributed by atoms with E-state index in [9.17, 15) is 14.7 Å². The molecule has 2 aliphatic rings. The van der Waals surface area contributed by atoms with Gasteiger partial charge in [0.2, 0.25) is 0 Å². The first-order valence-electron chi connectivity index (χ1n) is 10.8. The molecule has 0 atom stereocenters. The number of benzene rings is 1. The SMILES string of the molecule is Cc1cc2c(n1-c1ccc(C(N)=O)c(N[C@H]3CC[C@H](O)CC3)c1)CC(C)(C)CC2=O. The van der Waals surface area contributed by atoms with Crippen molar-refractivity contribution in [2.24, 2.45) is 11.1 Å². The van der Waals surface area contributed by atoms with Gasteiger partial charge in [-0.1, -0.05) is 13.8 Å². The number of hydrogen-bond donors (Lipinski definition) is 3. The van der Waals surface area contributed by atoms with Crippen LogP contribution in [0.15, 0.2) is 24.3 Å². The quantitative estimate of drug-likeness (QED) is 0.716. The van der Waals surface area contributed by atoms with Crippen molar-refractivity contribution in [3.8, 4) is 5.69 Å². The summed E-state index contributed by atoms with van der Waals surface area (Å²) in [5.74, 6) is -0.279. The van der Waals surface area contributed by atoms with E-state index >= 15 is 0 Å². The Kier molecular flexibility index (Phi) is 5.22. The smallest absolute Gasteiger partial charge is 0.250 e. The fraction of sp³-hybridized carbons (Fsp3) is 0.500. The zero-order valence-electron chi connectivity index (χ0n) is 18.0. The van der Waals surface area contributed by atoms with Crippen LogP contribution >= 0.6 is 0 Å². The number of ketones is 1. The molecule has 1 aromatic carbocycles. The highest BCUT2D eigenvalue weighted by Gasteiger charge is 2.34. The van der Waals surface area contributed by atoms with E-state index in [0.29, 0.717) is 17.7 Å². The molecule has 6 nitrogen and oxygen atoms in total. The maximum Gasteiger partial charge on any atom is 0.250 e. The average Bonchev–Trinajstić information content (AvgIpc) is 2.98. The summed E-state index contributed by atoms with van der Waals surface area (Å²) >= 11 is 0. The molecule has 0 radical (unpaired) electrons. The van der Waals surface area contributed by atoms with Gasteiger partial charge in [-0.15, -0.1) is 0 Å². The second kappa shape index (κ2) is 7.58. The van der Waals surface area contributed by atoms with Crippen molar-refractivity contribution in [3.05, 3.63) is 46.8 Å². The van der Waals surface area contributed by atoms with Crippen molar-refractivity contribution in [1.82, 2.24) is 4.57 Å². The van der Waals surface area contributed by atoms with E-state index in [1.165, 1.54) is 0 Å². The second-order valence-electron chi connectivity index (χ2n) is 9.67. The lowest BCUT2D eigenvalue weighted by atomic mass is 9.76. The number of aliphatic hydroxyl groups is 1. The zero-order chi connectivity index (χ0) is 21.6. The molecule has 0 saturated heterocycles. The van der Waals surface area contributed by atoms with Crippen LogP contribution in [0.5, 0.6) is 0 Å². The Bertz CT molecular complexity index is 997. The van der Waals surface area contributed by atoms with Gasteiger partial charge in [0.25, 0.3) is 5.91 Å². The number of aromatic nitrogens is 1. The molecule has 1 aromatic heterocycles. The Balaban J connectivity index is 1.74. The van der Waals surface area contributed by atoms with Crippen molar-refractivity contribution >= 4 is 17.4 Å². The topological polar surface area (TPSA) is 97.3 Å². The maximum absolute atomic E-state index is 12.7. The predicted molar refractivity (Wildman–Crippen MR) is 117 cm³/mol. The highest BCUT2D eigenvalue weighted by Crippen LogP contribution is 2.38. The van der Waals surface area contributed by atoms with Crippen LogP contribution in [0.2, 0.25) is 0 Å². The second-order valence-corrected chi connectivity index (χ2v) is 9.67. The summed E-state index contributed by atoms with van der Waals surface area (Å²) in [6, 6.07) is 7.80. The number of fused-ring (bicyclic) bond motifs is 1. The number of nitrogens with two attached hydrogens (primary N) is 1. The van der Waals surface area contributed by atoms with Gasteiger partial charge in [0, 0.05) is 40.8 Å². The number of aryl methyl sites for hydroxylation is 1. The highest BCUT2D eigenvalue weighted by atomic mass is 16.3. The minimum absolute atomic E-state index is 0.0796. The van der Waals surface area contributed by atoms with E-state index in [2.05, 4.69) is 23.7 Å². The van der Waals surface area contributed by atoms with Gasteiger partial charge < -0.3 is 20.7 Å². The van der Waals surface area contributed by atoms with Crippen molar-refractivity contribution in [1.29, 1.82) is 0 Å². The molecule has 0 aliphatic heterocycles. The first-order chi connectivity index (χ1) is 14.1. The number of carbonyl (C=O) groups excluding carboxylic acids is 2. The van der Waals surface area contributed by atoms with Gasteiger partial charge in [0.15, 0.2) is 5.78 Å². The van der Waals surface area contributed by atoms with Gasteiger partial charge in [-0.2, -0.15) is 0 Å². The molecule has 1 fully saturated rings. The summed E-state index contributed by atoms with van der Waals surface area (Å²) in [5.41, 5.74) is 10.5. The van der Waals surface area contributed by atoms with Crippen LogP contribution in [0.1, 0.15) is 78.1 Å². The Morgan fingerprint density at radius 3 is 2.53 bits per heavy atom. The van der Waals surface area contributed by atoms with Crippen molar-refractivity contribution in [2.75, 3.05) is 5.32 Å². The summed E-state index contributed by atoms with van der Waals surface area (Å²) in [6.45, 7) is 6.26. The van der Waals surface area contributed by atoms with Gasteiger partial charge in [-0.25, -0.2) is 0 Å². The van der Waals surface area contributed by atoms with Crippen LogP contribution in [0.25, 0.3) is 5.69 Å². The number of primary amides is 1. The van der Waals surface area contributed by atoms with E-state index < -0.39 is 5.91 Å². The molecule has 6 heteroatoms. The Labute approximate surface area is 177 Å². The average molecular weight is 410 g/mol. The van der Waals surface area contributed by atoms with Crippen molar-refractivity contribution in [3.63, 3.8) is 0 Å². The largest absolute Gasteiger partial charge is 0.393 e. The third-order valence-electron chi connectivity index (χ3n) is 6.46. The molecule has 2 aliphatic carbocycles. The number of anilines is 1. The molecule has 0 unspecified atom stereocenters. The first kappa shape index (κ1) is 20.7. The molecular weight excluding hydrogens is 378 g/mol. The normalized spacial score (nSPS) is 23.1. The molecule has 4 N–H and O–H groups in total. The van der Waals surface area contributed by atoms with E-state index in [-0.39, 0.29) is 23.3 Å². The monoisotopic (exact) mass is 409 g/mol. The summed E-state index contributed by atoms with van der Waals surface area (Å²) in [6.07, 6.45) is 4.36. The fourth-order valence-corrected chi connectivity index (χ4v) is 4.96. The first-order valence-corrected chi connectivity index (χ1v) is 10.8. The summed E-state index contributed by atoms with van der Waals surface area (Å²) in [5, 5.41) is 13.3. The van der Waals surface area contributed by atoms with Crippen LogP contribution in [0.4, 0.5) is 5.69 Å². The molecule has 30 heavy (non-hydrogen) atoms. The summed E-state index contributed by atoms with van der Waals surface area (Å²) in [4.78, 5) is 24.7. The third kappa shape index (κ3) is 3.88. The number of Topliss-reactive ketones (excluding diaryl/α,β-unsaturated/α-hetero) is 1. The predicted octanol–water partition coefficient (Wildman–Crippen LogP) is 3.76. The highest BCUT2D eigenvalue weighted by molar-refractivity contribution is 6.00. The molecule has 4 rings (SSSR count). The van der Waals surface area contributed by atoms with Gasteiger partial charge in [-0.3, -0.25) is 9.59 Å². The minimum atomic E-state index is -0.470. The molecule has 160 valence electrons. The summed E-state index contributed by atoms with van der Waals surface area (Å²) in [7, 11) is 0. The van der Waals surface area contributed by atoms with Gasteiger partial charge in [0.05, 0.1) is 11.7 Å². The van der Waals surface area contributed by atoms with Crippen molar-refractivity contribution in [2.45, 2.75) is 71.4 Å². The van der Waals surface area contributed by atoms with Crippen LogP contribution in [-0.4, -0.2) is 33.5 Å². The molecule has 1 amide bonds. The number of nitrogens with zero attached hydrogens (tertiary/aromatic N) is 1. The fourth-order valence-electron chi connectivity index (χ4n) is 4.96. The van der Waals surface area contributed by atoms with Crippen LogP contribution in [0.3, 0.4) is 0 Å². The Hall–Kier alpha value is -2.60. The van der Waals surface area contributed by atoms with Crippen LogP contribution < -0.4 is 11.1 Å². The lowest BCUT2D eigenvalue weighted by Gasteiger charge is -2.30. The van der Waals surface area contributed by atoms with Gasteiger partial charge in [0.1, 0.15) is 0 Å². The number of nitrogens with one attached hydrogen (secondary N) is 1. The van der Waals surface area contributed by atoms with E-state index in [1.54, 1.807) is 6.07 Å². The number of aliphatic hydroxyl groups excluding tert-OH is 1. The molecule has 2 aromatic rings. The minimum Gasteiger partial charge on any atom is -0.393 e. The molecule has 0 spiro atoms. The van der Waals surface area contributed by atoms with Crippen LogP contribution in [-0.2, 0) is 6.42 Å². The third-order valence-corrected chi connectivity index (χ3v) is 6.46. The number of amides is 1. The van der Waals surface area contributed by atoms with E-state index in [4.69, 9.17) is 5.73 Å². The molecule has 1 heterocycles. The molecule has 1 saturated carbocycles. The standard InChI is InChI=1S/C24H31N3O3/c1-14-10-19-21(12-24(2,3)13-22(19)29)27(14)16-6-9-18(23(25)30)20(11-16)26-15-4-7-17(28)8-5-15/h6,9-11,15,17,26,28H,4-5,7-8,12-13H2,1-3H3,(H2,25,30)/t15-,17-. The Morgan fingerprint density at radius 1 is 1.17 bits per heavy atom. The number of hydrogen-bond acceptors (Lipinski definition) is 4. The van der Waals surface area contributed by atoms with Gasteiger partial charge in [-0.05, 0) is 68.7 Å². The van der Waals surface area contributed by atoms with Crippen molar-refractivity contribution < 1.29 is 14.7 Å². The summed E-state index contributed by atoms with van der Waals surface area (Å²) < 4.78 is 2.13. The Morgan fingerprint density at radius 2 is 1.87 bits per heavy atom. The lowest BCUT2D eigenvalue weighted by Crippen LogP contribution is -2.29.